The molecule has 3 aromatic carbocycles. The van der Waals surface area contributed by atoms with E-state index in [2.05, 4.69) is 20.3 Å². The lowest BCUT2D eigenvalue weighted by Crippen LogP contribution is -2.15. The maximum absolute atomic E-state index is 12.3. The van der Waals surface area contributed by atoms with Crippen LogP contribution in [0.3, 0.4) is 0 Å². The first-order chi connectivity index (χ1) is 45.2. The van der Waals surface area contributed by atoms with Gasteiger partial charge in [-0.25, -0.2) is 24.9 Å². The number of hydrogen-bond acceptors (Lipinski definition) is 18. The van der Waals surface area contributed by atoms with E-state index in [1.54, 1.807) is 74.2 Å². The lowest BCUT2D eigenvalue weighted by atomic mass is 9.91. The average Bonchev–Trinajstić information content (AvgIpc) is 2.26. The zero-order valence-electron chi connectivity index (χ0n) is 53.3. The number of aliphatic hydroxyl groups is 2. The number of aliphatic hydroxyl groups excluding tert-OH is 2. The monoisotopic (exact) mass is 1270 g/mol. The van der Waals surface area contributed by atoms with Gasteiger partial charge in [-0.3, -0.25) is 19.7 Å². The molecule has 22 heteroatoms. The van der Waals surface area contributed by atoms with Crippen LogP contribution in [0.15, 0.2) is 177 Å². The summed E-state index contributed by atoms with van der Waals surface area (Å²) in [4.78, 5) is 49.7. The maximum Gasteiger partial charge on any atom is 0.244 e. The van der Waals surface area contributed by atoms with Gasteiger partial charge in [0.15, 0.2) is 11.3 Å². The van der Waals surface area contributed by atoms with Gasteiger partial charge in [0.25, 0.3) is 0 Å². The van der Waals surface area contributed by atoms with Crippen LogP contribution in [0.1, 0.15) is 59.6 Å². The van der Waals surface area contributed by atoms with E-state index in [-0.39, 0.29) is 39.1 Å². The summed E-state index contributed by atoms with van der Waals surface area (Å²) in [5.74, 6) is 3.52. The fourth-order valence-corrected chi connectivity index (χ4v) is 10.4. The van der Waals surface area contributed by atoms with Gasteiger partial charge >= 0.3 is 0 Å². The second-order valence-electron chi connectivity index (χ2n) is 21.4. The van der Waals surface area contributed by atoms with Crippen molar-refractivity contribution in [3.05, 3.63) is 211 Å². The summed E-state index contributed by atoms with van der Waals surface area (Å²) >= 11 is 0. The smallest absolute Gasteiger partial charge is 0.244 e. The van der Waals surface area contributed by atoms with Gasteiger partial charge in [0, 0.05) is 136 Å². The summed E-state index contributed by atoms with van der Waals surface area (Å²) in [6.45, 7) is 0.108. The number of nitrogens with zero attached hydrogens (tertiary/aromatic N) is 11. The lowest BCUT2D eigenvalue weighted by Gasteiger charge is -2.19. The number of hydrogen-bond donors (Lipinski definition) is 3. The first-order valence-electron chi connectivity index (χ1n) is 29.6. The molecule has 0 aliphatic heterocycles. The Labute approximate surface area is 545 Å². The van der Waals surface area contributed by atoms with Gasteiger partial charge < -0.3 is 62.4 Å². The summed E-state index contributed by atoms with van der Waals surface area (Å²) in [5, 5.41) is 21.7. The van der Waals surface area contributed by atoms with E-state index in [0.29, 0.717) is 74.7 Å². The van der Waals surface area contributed by atoms with E-state index < -0.39 is 6.10 Å². The molecular weight excluding hydrogens is 1190 g/mol. The molecule has 22 nitrogen and oxygen atoms in total. The van der Waals surface area contributed by atoms with E-state index in [1.165, 1.54) is 6.08 Å². The highest BCUT2D eigenvalue weighted by Crippen LogP contribution is 2.36. The molecule has 94 heavy (non-hydrogen) atoms. The van der Waals surface area contributed by atoms with Gasteiger partial charge in [-0.1, -0.05) is 7.43 Å². The second-order valence-corrected chi connectivity index (χ2v) is 21.4. The Balaban J connectivity index is 0.000000165. The normalized spacial score (nSPS) is 11.8. The minimum atomic E-state index is -0.499. The molecule has 2 unspecified atom stereocenters. The largest absolute Gasteiger partial charge is 0.497 e. The Morgan fingerprint density at radius 2 is 0.979 bits per heavy atom. The number of pyridine rings is 4. The van der Waals surface area contributed by atoms with Crippen LogP contribution in [0, 0.1) is 0 Å². The number of ether oxygens (including phenoxy) is 7. The zero-order valence-corrected chi connectivity index (χ0v) is 53.3. The van der Waals surface area contributed by atoms with Crippen molar-refractivity contribution in [2.75, 3.05) is 69.5 Å². The van der Waals surface area contributed by atoms with Gasteiger partial charge in [-0.15, -0.1) is 0 Å². The number of carbonyl (C=O) groups excluding carboxylic acids is 1. The van der Waals surface area contributed by atoms with Crippen LogP contribution < -0.4 is 33.7 Å². The third-order valence-electron chi connectivity index (χ3n) is 15.1. The van der Waals surface area contributed by atoms with Gasteiger partial charge in [-0.05, 0) is 120 Å². The second kappa shape index (κ2) is 31.3. The number of fused-ring (bicyclic) bond motifs is 3. The standard InChI is InChI=1S/C24H23N5O3.C24H25N3O4.C23H24N4O3.CH4/c1-25-23(30)12-19(16-9-17(31-3)11-18(10-16)32-4)20-5-6-21-24(27-20)28-22(13-26-21)15-7-8-29(2)14-15;1-27-7-6-16(15-27)18-12-23-21(25-14-18)4-5-22(26-23)24(31-9-8-28)17-10-19(29-2)13-20(11-17)30-3;1-27-8-6-15(14-27)22-13-24-21-5-4-20(25-23(21)26-22)19(7-9-28)16-10-17(29-2)12-18(11-16)30-3;/h5-14H,1-4H3,(H,25,30);4-7,10-15,24,28H,8-9H2,1-3H3;4-6,8,10-14,19,28H,7,9H2,1-3H3;1H4/b19-12+;;;. The number of aryl methyl sites for hydroxylation is 3. The average molecular weight is 1270 g/mol. The van der Waals surface area contributed by atoms with E-state index in [9.17, 15) is 15.0 Å². The van der Waals surface area contributed by atoms with Crippen LogP contribution in [0.2, 0.25) is 0 Å². The molecule has 0 saturated heterocycles. The fourth-order valence-electron chi connectivity index (χ4n) is 10.4. The fraction of sp³-hybridized carbons (Fsp3) is 0.236. The van der Waals surface area contributed by atoms with E-state index in [4.69, 9.17) is 58.1 Å². The summed E-state index contributed by atoms with van der Waals surface area (Å²) in [6, 6.07) is 36.1. The molecule has 12 rings (SSSR count). The van der Waals surface area contributed by atoms with Gasteiger partial charge in [0.1, 0.15) is 51.6 Å². The quantitative estimate of drug-likeness (QED) is 0.0565. The minimum absolute atomic E-state index is 0. The van der Waals surface area contributed by atoms with Crippen molar-refractivity contribution in [1.29, 1.82) is 0 Å². The van der Waals surface area contributed by atoms with E-state index in [1.807, 2.05) is 181 Å². The lowest BCUT2D eigenvalue weighted by molar-refractivity contribution is -0.116. The van der Waals surface area contributed by atoms with Crippen molar-refractivity contribution in [1.82, 2.24) is 58.9 Å². The van der Waals surface area contributed by atoms with E-state index >= 15 is 0 Å². The number of likely N-dealkylation sites (N-methyl/N-ethyl adjacent to an activating group) is 1. The predicted octanol–water partition coefficient (Wildman–Crippen LogP) is 11.2. The third kappa shape index (κ3) is 16.1. The third-order valence-corrected chi connectivity index (χ3v) is 15.1. The highest BCUT2D eigenvalue weighted by molar-refractivity contribution is 5.99. The molecule has 0 radical (unpaired) electrons. The summed E-state index contributed by atoms with van der Waals surface area (Å²) < 4.78 is 44.3. The number of aromatic nitrogens is 11. The van der Waals surface area contributed by atoms with Crippen molar-refractivity contribution in [3.8, 4) is 68.1 Å². The van der Waals surface area contributed by atoms with Crippen molar-refractivity contribution >= 4 is 44.8 Å². The Bertz CT molecular complexity index is 4540. The topological polar surface area (TPSA) is 252 Å². The van der Waals surface area contributed by atoms with Crippen LogP contribution in [0.25, 0.3) is 72.6 Å². The number of carbonyl (C=O) groups is 1. The number of rotatable bonds is 21. The minimum Gasteiger partial charge on any atom is -0.497 e. The summed E-state index contributed by atoms with van der Waals surface area (Å²) in [7, 11) is 17.1. The highest BCUT2D eigenvalue weighted by Gasteiger charge is 2.22. The van der Waals surface area contributed by atoms with Crippen molar-refractivity contribution in [2.45, 2.75) is 25.9 Å². The maximum atomic E-state index is 12.3. The van der Waals surface area contributed by atoms with Crippen molar-refractivity contribution in [2.24, 2.45) is 21.1 Å². The Kier molecular flexibility index (Phi) is 22.4. The summed E-state index contributed by atoms with van der Waals surface area (Å²) in [6.07, 6.45) is 18.8. The predicted molar refractivity (Wildman–Crippen MR) is 362 cm³/mol. The molecular formula is C72H76N12O10. The van der Waals surface area contributed by atoms with Crippen LogP contribution in [-0.2, 0) is 30.7 Å². The van der Waals surface area contributed by atoms with Gasteiger partial charge in [-0.2, -0.15) is 0 Å². The molecule has 0 bridgehead atoms. The Hall–Kier alpha value is -11.1. The van der Waals surface area contributed by atoms with Crippen LogP contribution >= 0.6 is 0 Å². The number of amides is 1. The van der Waals surface area contributed by atoms with Gasteiger partial charge in [0.05, 0.1) is 108 Å². The zero-order chi connectivity index (χ0) is 65.5. The first kappa shape index (κ1) is 67.3. The first-order valence-corrected chi connectivity index (χ1v) is 29.6. The van der Waals surface area contributed by atoms with Crippen LogP contribution in [0.5, 0.6) is 34.5 Å². The molecule has 0 saturated carbocycles. The van der Waals surface area contributed by atoms with Gasteiger partial charge in [0.2, 0.25) is 5.91 Å². The Morgan fingerprint density at radius 1 is 0.500 bits per heavy atom. The van der Waals surface area contributed by atoms with Crippen LogP contribution in [0.4, 0.5) is 0 Å². The highest BCUT2D eigenvalue weighted by atomic mass is 16.5. The number of benzene rings is 3. The SMILES string of the molecule is C.CNC(=O)/C=C(\c1cc(OC)cc(OC)c1)c1ccc2ncc(-c3ccn(C)c3)nc2n1.COc1cc(OC)cc(C(CCO)c2ccc3ncc(-c4ccn(C)c4)nc3n2)c1.COc1cc(OC)cc(C(OCCO)c2ccc3ncc(-c4ccn(C)c4)cc3n2)c1. The van der Waals surface area contributed by atoms with Crippen molar-refractivity contribution in [3.63, 3.8) is 0 Å². The molecule has 2 atom stereocenters. The van der Waals surface area contributed by atoms with E-state index in [0.717, 1.165) is 72.6 Å². The molecule has 0 aliphatic rings. The molecule has 3 N–H and O–H groups in total. The molecule has 12 aromatic rings. The molecule has 1 amide bonds. The molecule has 0 spiro atoms. The molecule has 0 aliphatic carbocycles. The molecule has 484 valence electrons. The van der Waals surface area contributed by atoms with Crippen molar-refractivity contribution < 1.29 is 48.2 Å². The molecule has 0 fully saturated rings. The summed E-state index contributed by atoms with van der Waals surface area (Å²) in [5.41, 5.74) is 14.7. The number of nitrogens with one attached hydrogen (secondary N) is 1. The molecule has 9 heterocycles. The van der Waals surface area contributed by atoms with Crippen LogP contribution in [-0.4, -0.2) is 139 Å². The molecule has 9 aromatic heterocycles. The number of methoxy groups -OCH3 is 6. The Morgan fingerprint density at radius 3 is 1.48 bits per heavy atom.